The van der Waals surface area contributed by atoms with Crippen molar-refractivity contribution in [1.29, 1.82) is 0 Å². The van der Waals surface area contributed by atoms with E-state index < -0.39 is 5.97 Å². The molecule has 0 aromatic heterocycles. The second-order valence-electron chi connectivity index (χ2n) is 7.68. The maximum absolute atomic E-state index is 11.5. The molecule has 22 heavy (non-hydrogen) atoms. The number of hydrogen-bond donors (Lipinski definition) is 1. The molecule has 0 aliphatic carbocycles. The molecule has 0 radical (unpaired) electrons. The fourth-order valence-corrected chi connectivity index (χ4v) is 2.16. The van der Waals surface area contributed by atoms with E-state index >= 15 is 0 Å². The Kier molecular flexibility index (Phi) is 5.06. The molecule has 0 spiro atoms. The van der Waals surface area contributed by atoms with Gasteiger partial charge in [-0.05, 0) is 22.5 Å². The van der Waals surface area contributed by atoms with Gasteiger partial charge in [-0.3, -0.25) is 9.59 Å². The lowest BCUT2D eigenvalue weighted by atomic mass is 9.79. The van der Waals surface area contributed by atoms with Crippen LogP contribution in [0.5, 0.6) is 5.75 Å². The molecule has 1 N–H and O–H groups in total. The Morgan fingerprint density at radius 1 is 0.955 bits per heavy atom. The van der Waals surface area contributed by atoms with Crippen LogP contribution in [0.4, 0.5) is 5.69 Å². The van der Waals surface area contributed by atoms with Crippen LogP contribution in [0, 0.1) is 0 Å². The molecule has 1 rings (SSSR count). The van der Waals surface area contributed by atoms with Gasteiger partial charge in [-0.1, -0.05) is 47.6 Å². The lowest BCUT2D eigenvalue weighted by molar-refractivity contribution is -0.132. The lowest BCUT2D eigenvalue weighted by Crippen LogP contribution is -2.21. The zero-order valence-corrected chi connectivity index (χ0v) is 14.9. The summed E-state index contributed by atoms with van der Waals surface area (Å²) in [5.41, 5.74) is 2.22. The van der Waals surface area contributed by atoms with Crippen LogP contribution in [0.3, 0.4) is 0 Å². The number of carbonyl (C=O) groups excluding carboxylic acids is 2. The first-order valence-electron chi connectivity index (χ1n) is 7.47. The number of amides is 1. The van der Waals surface area contributed by atoms with Gasteiger partial charge in [0.2, 0.25) is 5.91 Å². The highest BCUT2D eigenvalue weighted by molar-refractivity contribution is 5.92. The predicted octanol–water partition coefficient (Wildman–Crippen LogP) is 4.17. The lowest BCUT2D eigenvalue weighted by Gasteiger charge is -2.28. The molecule has 1 aromatic carbocycles. The minimum Gasteiger partial charge on any atom is -0.424 e. The molecule has 4 nitrogen and oxygen atoms in total. The summed E-state index contributed by atoms with van der Waals surface area (Å²) in [4.78, 5) is 23.0. The second kappa shape index (κ2) is 6.11. The first-order chi connectivity index (χ1) is 9.82. The van der Waals surface area contributed by atoms with Crippen molar-refractivity contribution in [3.63, 3.8) is 0 Å². The van der Waals surface area contributed by atoms with Gasteiger partial charge in [0.1, 0.15) is 0 Å². The molecule has 0 heterocycles. The van der Waals surface area contributed by atoms with Gasteiger partial charge in [0, 0.05) is 19.4 Å². The fourth-order valence-electron chi connectivity index (χ4n) is 2.16. The Morgan fingerprint density at radius 3 is 1.86 bits per heavy atom. The number of benzene rings is 1. The Hall–Kier alpha value is -1.84. The van der Waals surface area contributed by atoms with Crippen molar-refractivity contribution < 1.29 is 14.3 Å². The molecule has 0 bridgehead atoms. The molecular weight excluding hydrogens is 278 g/mol. The van der Waals surface area contributed by atoms with E-state index in [0.717, 1.165) is 11.1 Å². The summed E-state index contributed by atoms with van der Waals surface area (Å²) in [5.74, 6) is -0.164. The minimum atomic E-state index is -0.402. The normalized spacial score (nSPS) is 12.0. The van der Waals surface area contributed by atoms with Gasteiger partial charge in [0.25, 0.3) is 0 Å². The summed E-state index contributed by atoms with van der Waals surface area (Å²) < 4.78 is 5.42. The van der Waals surface area contributed by atoms with E-state index in [9.17, 15) is 9.59 Å². The average molecular weight is 305 g/mol. The van der Waals surface area contributed by atoms with E-state index in [4.69, 9.17) is 4.74 Å². The number of rotatable bonds is 2. The third-order valence-electron chi connectivity index (χ3n) is 3.32. The SMILES string of the molecule is CC(=O)Nc1cc(C(C)(C)C)cc(C(C)(C)C)c1OC(C)=O. The van der Waals surface area contributed by atoms with Gasteiger partial charge in [-0.2, -0.15) is 0 Å². The maximum atomic E-state index is 11.5. The fraction of sp³-hybridized carbons (Fsp3) is 0.556. The smallest absolute Gasteiger partial charge is 0.308 e. The first-order valence-corrected chi connectivity index (χ1v) is 7.47. The van der Waals surface area contributed by atoms with E-state index in [1.54, 1.807) is 0 Å². The van der Waals surface area contributed by atoms with E-state index in [2.05, 4.69) is 52.9 Å². The van der Waals surface area contributed by atoms with Gasteiger partial charge < -0.3 is 10.1 Å². The highest BCUT2D eigenvalue weighted by atomic mass is 16.5. The van der Waals surface area contributed by atoms with Crippen molar-refractivity contribution >= 4 is 17.6 Å². The van der Waals surface area contributed by atoms with Crippen molar-refractivity contribution in [2.75, 3.05) is 5.32 Å². The van der Waals surface area contributed by atoms with Crippen molar-refractivity contribution in [3.05, 3.63) is 23.3 Å². The quantitative estimate of drug-likeness (QED) is 0.659. The van der Waals surface area contributed by atoms with E-state index in [-0.39, 0.29) is 16.7 Å². The van der Waals surface area contributed by atoms with E-state index in [1.807, 2.05) is 6.07 Å². The molecule has 1 amide bonds. The topological polar surface area (TPSA) is 55.4 Å². The van der Waals surface area contributed by atoms with Crippen LogP contribution in [-0.2, 0) is 20.4 Å². The summed E-state index contributed by atoms with van der Waals surface area (Å²) >= 11 is 0. The third-order valence-corrected chi connectivity index (χ3v) is 3.32. The Labute approximate surface area is 133 Å². The summed E-state index contributed by atoms with van der Waals surface area (Å²) in [6, 6.07) is 3.94. The number of anilines is 1. The number of ether oxygens (including phenoxy) is 1. The van der Waals surface area contributed by atoms with Gasteiger partial charge in [-0.25, -0.2) is 0 Å². The number of nitrogens with one attached hydrogen (secondary N) is 1. The van der Waals surface area contributed by atoms with Gasteiger partial charge in [0.05, 0.1) is 5.69 Å². The molecule has 0 unspecified atom stereocenters. The largest absolute Gasteiger partial charge is 0.424 e. The van der Waals surface area contributed by atoms with Crippen LogP contribution < -0.4 is 10.1 Å². The van der Waals surface area contributed by atoms with Crippen LogP contribution in [0.2, 0.25) is 0 Å². The first kappa shape index (κ1) is 18.2. The van der Waals surface area contributed by atoms with Crippen LogP contribution in [0.1, 0.15) is 66.5 Å². The molecule has 0 saturated heterocycles. The van der Waals surface area contributed by atoms with Crippen LogP contribution in [0.15, 0.2) is 12.1 Å². The van der Waals surface area contributed by atoms with Crippen LogP contribution in [-0.4, -0.2) is 11.9 Å². The Bertz CT molecular complexity index is 590. The Morgan fingerprint density at radius 2 is 1.50 bits per heavy atom. The number of esters is 1. The van der Waals surface area contributed by atoms with Crippen LogP contribution in [0.25, 0.3) is 0 Å². The van der Waals surface area contributed by atoms with E-state index in [0.29, 0.717) is 11.4 Å². The molecule has 0 fully saturated rings. The summed E-state index contributed by atoms with van der Waals surface area (Å²) in [6.07, 6.45) is 0. The average Bonchev–Trinajstić information content (AvgIpc) is 2.26. The van der Waals surface area contributed by atoms with Crippen molar-refractivity contribution in [2.45, 2.75) is 66.2 Å². The second-order valence-corrected chi connectivity index (χ2v) is 7.68. The zero-order valence-electron chi connectivity index (χ0n) is 14.9. The molecular formula is C18H27NO3. The zero-order chi connectivity index (χ0) is 17.3. The molecule has 0 aliphatic heterocycles. The highest BCUT2D eigenvalue weighted by Crippen LogP contribution is 2.41. The van der Waals surface area contributed by atoms with E-state index in [1.165, 1.54) is 13.8 Å². The Balaban J connectivity index is 3.68. The van der Waals surface area contributed by atoms with Crippen LogP contribution >= 0.6 is 0 Å². The highest BCUT2D eigenvalue weighted by Gasteiger charge is 2.27. The summed E-state index contributed by atoms with van der Waals surface area (Å²) in [7, 11) is 0. The molecule has 4 heteroatoms. The number of hydrogen-bond acceptors (Lipinski definition) is 3. The summed E-state index contributed by atoms with van der Waals surface area (Å²) in [5, 5.41) is 2.79. The number of carbonyl (C=O) groups is 2. The molecule has 0 atom stereocenters. The molecule has 0 aliphatic rings. The van der Waals surface area contributed by atoms with Crippen molar-refractivity contribution in [2.24, 2.45) is 0 Å². The van der Waals surface area contributed by atoms with Gasteiger partial charge in [-0.15, -0.1) is 0 Å². The van der Waals surface area contributed by atoms with Gasteiger partial charge in [0.15, 0.2) is 5.75 Å². The molecule has 1 aromatic rings. The molecule has 0 saturated carbocycles. The third kappa shape index (κ3) is 4.58. The summed E-state index contributed by atoms with van der Waals surface area (Å²) in [6.45, 7) is 15.3. The maximum Gasteiger partial charge on any atom is 0.308 e. The minimum absolute atomic E-state index is 0.0814. The van der Waals surface area contributed by atoms with Crippen molar-refractivity contribution in [3.8, 4) is 5.75 Å². The van der Waals surface area contributed by atoms with Gasteiger partial charge >= 0.3 is 5.97 Å². The standard InChI is InChI=1S/C18H27NO3/c1-11(20)19-15-10-13(17(3,4)5)9-14(18(6,7)8)16(15)22-12(2)21/h9-10H,1-8H3,(H,19,20). The monoisotopic (exact) mass is 305 g/mol. The van der Waals surface area contributed by atoms with Crippen molar-refractivity contribution in [1.82, 2.24) is 0 Å². The molecule has 122 valence electrons. The predicted molar refractivity (Wildman–Crippen MR) is 89.5 cm³/mol.